The SMILES string of the molecule is CC(C)n1cnnc1-c1cccc(NC(=O)c2ccc3nc(NC4CCCCC4)sc3c2)n1. The molecule has 5 rings (SSSR count). The van der Waals surface area contributed by atoms with E-state index >= 15 is 0 Å². The van der Waals surface area contributed by atoms with Crippen molar-refractivity contribution in [3.05, 3.63) is 48.3 Å². The van der Waals surface area contributed by atoms with Gasteiger partial charge in [0.05, 0.1) is 10.2 Å². The molecule has 9 heteroatoms. The molecule has 1 saturated carbocycles. The van der Waals surface area contributed by atoms with Gasteiger partial charge in [-0.2, -0.15) is 0 Å². The number of benzene rings is 1. The van der Waals surface area contributed by atoms with Crippen LogP contribution in [0.25, 0.3) is 21.7 Å². The second-order valence-corrected chi connectivity index (χ2v) is 9.73. The molecule has 0 spiro atoms. The Morgan fingerprint density at radius 1 is 1.12 bits per heavy atom. The van der Waals surface area contributed by atoms with Crippen molar-refractivity contribution in [3.63, 3.8) is 0 Å². The van der Waals surface area contributed by atoms with Crippen LogP contribution in [0.5, 0.6) is 0 Å². The molecule has 4 aromatic rings. The van der Waals surface area contributed by atoms with Crippen molar-refractivity contribution in [2.24, 2.45) is 0 Å². The molecule has 3 aromatic heterocycles. The van der Waals surface area contributed by atoms with Crippen LogP contribution in [0, 0.1) is 0 Å². The first-order valence-corrected chi connectivity index (χ1v) is 12.2. The van der Waals surface area contributed by atoms with E-state index < -0.39 is 0 Å². The Balaban J connectivity index is 1.32. The van der Waals surface area contributed by atoms with Gasteiger partial charge in [-0.15, -0.1) is 10.2 Å². The summed E-state index contributed by atoms with van der Waals surface area (Å²) in [6.45, 7) is 4.12. The smallest absolute Gasteiger partial charge is 0.256 e. The van der Waals surface area contributed by atoms with Crippen molar-refractivity contribution in [2.45, 2.75) is 58.0 Å². The van der Waals surface area contributed by atoms with E-state index in [1.54, 1.807) is 29.8 Å². The number of hydrogen-bond acceptors (Lipinski definition) is 7. The molecule has 1 aliphatic carbocycles. The Morgan fingerprint density at radius 3 is 2.79 bits per heavy atom. The number of amides is 1. The standard InChI is InChI=1S/C24H27N7OS/c1-15(2)31-14-25-30-22(31)19-9-6-10-21(27-19)29-23(32)16-11-12-18-20(13-16)33-24(28-18)26-17-7-4-3-5-8-17/h6,9-15,17H,3-5,7-8H2,1-2H3,(H,26,28)(H,27,29,32). The Bertz CT molecular complexity index is 1270. The molecule has 33 heavy (non-hydrogen) atoms. The fourth-order valence-corrected chi connectivity index (χ4v) is 5.15. The summed E-state index contributed by atoms with van der Waals surface area (Å²) in [6.07, 6.45) is 7.96. The Labute approximate surface area is 196 Å². The monoisotopic (exact) mass is 461 g/mol. The fourth-order valence-electron chi connectivity index (χ4n) is 4.17. The molecule has 2 N–H and O–H groups in total. The fraction of sp³-hybridized carbons (Fsp3) is 0.375. The first kappa shape index (κ1) is 21.5. The van der Waals surface area contributed by atoms with E-state index in [1.807, 2.05) is 28.8 Å². The largest absolute Gasteiger partial charge is 0.359 e. The highest BCUT2D eigenvalue weighted by molar-refractivity contribution is 7.22. The van der Waals surface area contributed by atoms with Gasteiger partial charge in [0.2, 0.25) is 0 Å². The normalized spacial score (nSPS) is 14.6. The van der Waals surface area contributed by atoms with Gasteiger partial charge < -0.3 is 15.2 Å². The van der Waals surface area contributed by atoms with E-state index in [4.69, 9.17) is 4.98 Å². The maximum absolute atomic E-state index is 12.9. The average molecular weight is 462 g/mol. The van der Waals surface area contributed by atoms with Crippen molar-refractivity contribution >= 4 is 38.4 Å². The molecule has 3 heterocycles. The zero-order valence-corrected chi connectivity index (χ0v) is 19.6. The summed E-state index contributed by atoms with van der Waals surface area (Å²) in [7, 11) is 0. The van der Waals surface area contributed by atoms with Crippen molar-refractivity contribution in [3.8, 4) is 11.5 Å². The van der Waals surface area contributed by atoms with Crippen molar-refractivity contribution in [2.75, 3.05) is 10.6 Å². The lowest BCUT2D eigenvalue weighted by Gasteiger charge is -2.22. The second kappa shape index (κ2) is 9.27. The number of fused-ring (bicyclic) bond motifs is 1. The van der Waals surface area contributed by atoms with Crippen LogP contribution in [0.3, 0.4) is 0 Å². The van der Waals surface area contributed by atoms with E-state index in [2.05, 4.69) is 39.7 Å². The van der Waals surface area contributed by atoms with Gasteiger partial charge in [-0.05, 0) is 57.0 Å². The van der Waals surface area contributed by atoms with Crippen molar-refractivity contribution < 1.29 is 4.79 Å². The van der Waals surface area contributed by atoms with E-state index in [-0.39, 0.29) is 11.9 Å². The molecule has 1 amide bonds. The molecule has 0 aliphatic heterocycles. The third-order valence-electron chi connectivity index (χ3n) is 5.93. The Kier molecular flexibility index (Phi) is 6.04. The summed E-state index contributed by atoms with van der Waals surface area (Å²) in [5, 5.41) is 15.6. The van der Waals surface area contributed by atoms with Crippen LogP contribution < -0.4 is 10.6 Å². The quantitative estimate of drug-likeness (QED) is 0.392. The van der Waals surface area contributed by atoms with Crippen LogP contribution >= 0.6 is 11.3 Å². The number of anilines is 2. The van der Waals surface area contributed by atoms with Gasteiger partial charge in [-0.3, -0.25) is 4.79 Å². The van der Waals surface area contributed by atoms with E-state index in [1.165, 1.54) is 32.1 Å². The lowest BCUT2D eigenvalue weighted by atomic mass is 9.96. The number of rotatable bonds is 6. The molecule has 1 fully saturated rings. The van der Waals surface area contributed by atoms with Gasteiger partial charge in [0, 0.05) is 17.6 Å². The number of carbonyl (C=O) groups excluding carboxylic acids is 1. The Hall–Kier alpha value is -3.33. The number of thiazole rings is 1. The molecule has 0 bridgehead atoms. The third-order valence-corrected chi connectivity index (χ3v) is 6.88. The summed E-state index contributed by atoms with van der Waals surface area (Å²) >= 11 is 1.60. The van der Waals surface area contributed by atoms with E-state index in [0.29, 0.717) is 28.9 Å². The first-order valence-electron chi connectivity index (χ1n) is 11.4. The molecule has 0 saturated heterocycles. The van der Waals surface area contributed by atoms with Crippen LogP contribution in [-0.4, -0.2) is 36.7 Å². The first-order chi connectivity index (χ1) is 16.1. The molecule has 0 atom stereocenters. The molecule has 1 aromatic carbocycles. The number of nitrogens with zero attached hydrogens (tertiary/aromatic N) is 5. The van der Waals surface area contributed by atoms with Crippen molar-refractivity contribution in [1.29, 1.82) is 0 Å². The van der Waals surface area contributed by atoms with E-state index in [9.17, 15) is 4.79 Å². The summed E-state index contributed by atoms with van der Waals surface area (Å²) in [5.41, 5.74) is 2.14. The summed E-state index contributed by atoms with van der Waals surface area (Å²) in [6, 6.07) is 11.8. The lowest BCUT2D eigenvalue weighted by Crippen LogP contribution is -2.21. The average Bonchev–Trinajstić information content (AvgIpc) is 3.46. The number of carbonyl (C=O) groups is 1. The zero-order chi connectivity index (χ0) is 22.8. The third kappa shape index (κ3) is 4.73. The molecule has 170 valence electrons. The number of pyridine rings is 1. The topological polar surface area (TPSA) is 97.6 Å². The molecular formula is C24H27N7OS. The predicted molar refractivity (Wildman–Crippen MR) is 132 cm³/mol. The molecule has 0 unspecified atom stereocenters. The van der Waals surface area contributed by atoms with Gasteiger partial charge in [-0.1, -0.05) is 36.7 Å². The maximum atomic E-state index is 12.9. The minimum absolute atomic E-state index is 0.206. The predicted octanol–water partition coefficient (Wildman–Crippen LogP) is 5.53. The van der Waals surface area contributed by atoms with Crippen LogP contribution in [0.4, 0.5) is 10.9 Å². The highest BCUT2D eigenvalue weighted by atomic mass is 32.1. The van der Waals surface area contributed by atoms with Gasteiger partial charge in [0.1, 0.15) is 17.8 Å². The van der Waals surface area contributed by atoms with Crippen LogP contribution in [0.2, 0.25) is 0 Å². The zero-order valence-electron chi connectivity index (χ0n) is 18.8. The number of hydrogen-bond donors (Lipinski definition) is 2. The van der Waals surface area contributed by atoms with Crippen molar-refractivity contribution in [1.82, 2.24) is 24.7 Å². The number of aromatic nitrogens is 5. The van der Waals surface area contributed by atoms with Crippen LogP contribution in [0.15, 0.2) is 42.7 Å². The summed E-state index contributed by atoms with van der Waals surface area (Å²) < 4.78 is 2.94. The van der Waals surface area contributed by atoms with E-state index in [0.717, 1.165) is 15.3 Å². The summed E-state index contributed by atoms with van der Waals surface area (Å²) in [4.78, 5) is 22.2. The van der Waals surface area contributed by atoms with Crippen LogP contribution in [0.1, 0.15) is 62.4 Å². The molecular weight excluding hydrogens is 434 g/mol. The molecule has 8 nitrogen and oxygen atoms in total. The Morgan fingerprint density at radius 2 is 1.97 bits per heavy atom. The van der Waals surface area contributed by atoms with Crippen LogP contribution in [-0.2, 0) is 0 Å². The van der Waals surface area contributed by atoms with Gasteiger partial charge in [0.15, 0.2) is 11.0 Å². The minimum atomic E-state index is -0.206. The highest BCUT2D eigenvalue weighted by Gasteiger charge is 2.16. The van der Waals surface area contributed by atoms with Gasteiger partial charge in [0.25, 0.3) is 5.91 Å². The summed E-state index contributed by atoms with van der Waals surface area (Å²) in [5.74, 6) is 0.937. The maximum Gasteiger partial charge on any atom is 0.256 e. The van der Waals surface area contributed by atoms with Gasteiger partial charge in [-0.25, -0.2) is 9.97 Å². The van der Waals surface area contributed by atoms with Gasteiger partial charge >= 0.3 is 0 Å². The lowest BCUT2D eigenvalue weighted by molar-refractivity contribution is 0.102. The second-order valence-electron chi connectivity index (χ2n) is 8.70. The molecule has 1 aliphatic rings. The highest BCUT2D eigenvalue weighted by Crippen LogP contribution is 2.30. The molecule has 0 radical (unpaired) electrons. The number of nitrogens with one attached hydrogen (secondary N) is 2. The minimum Gasteiger partial charge on any atom is -0.359 e.